The van der Waals surface area contributed by atoms with Crippen LogP contribution in [0, 0.1) is 0 Å². The van der Waals surface area contributed by atoms with E-state index in [2.05, 4.69) is 5.32 Å². The zero-order chi connectivity index (χ0) is 22.2. The van der Waals surface area contributed by atoms with Crippen LogP contribution in [-0.4, -0.2) is 73.3 Å². The Hall–Kier alpha value is -2.62. The number of carbonyl (C=O) groups is 3. The molecule has 0 unspecified atom stereocenters. The number of nitrogens with one attached hydrogen (secondary N) is 1. The highest BCUT2D eigenvalue weighted by Gasteiger charge is 2.55. The van der Waals surface area contributed by atoms with E-state index >= 15 is 0 Å². The summed E-state index contributed by atoms with van der Waals surface area (Å²) in [6.45, 7) is 2.25. The standard InChI is InChI=1S/C21H27N3O6S/c1-2-3-10-23(15-8-12-31(28,29)14-15)18(25)13-24-19(26)21(22-20(24)27)9-11-30-17-7-5-4-6-16(17)21/h4-7,15H,2-3,8-14H2,1H3,(H,22,27)/t15-,21+/m1/s1. The highest BCUT2D eigenvalue weighted by molar-refractivity contribution is 7.91. The summed E-state index contributed by atoms with van der Waals surface area (Å²) in [4.78, 5) is 41.8. The average Bonchev–Trinajstić information content (AvgIpc) is 3.21. The van der Waals surface area contributed by atoms with E-state index in [-0.39, 0.29) is 24.5 Å². The van der Waals surface area contributed by atoms with E-state index < -0.39 is 45.8 Å². The fourth-order valence-electron chi connectivity index (χ4n) is 4.60. The molecule has 4 amide bonds. The Labute approximate surface area is 181 Å². The number of amides is 4. The van der Waals surface area contributed by atoms with Gasteiger partial charge in [0.1, 0.15) is 12.3 Å². The second-order valence-corrected chi connectivity index (χ2v) is 10.5. The minimum atomic E-state index is -3.17. The van der Waals surface area contributed by atoms with Crippen LogP contribution in [0.15, 0.2) is 24.3 Å². The van der Waals surface area contributed by atoms with Gasteiger partial charge in [0, 0.05) is 24.6 Å². The molecule has 0 bridgehead atoms. The highest BCUT2D eigenvalue weighted by Crippen LogP contribution is 2.41. The van der Waals surface area contributed by atoms with E-state index in [9.17, 15) is 22.8 Å². The van der Waals surface area contributed by atoms with E-state index in [1.165, 1.54) is 4.90 Å². The number of rotatable bonds is 6. The largest absolute Gasteiger partial charge is 0.493 e. The number of ether oxygens (including phenoxy) is 1. The van der Waals surface area contributed by atoms with Crippen molar-refractivity contribution in [2.45, 2.75) is 44.2 Å². The smallest absolute Gasteiger partial charge is 0.325 e. The second kappa shape index (κ2) is 8.14. The summed E-state index contributed by atoms with van der Waals surface area (Å²) in [5, 5.41) is 2.79. The first-order valence-corrected chi connectivity index (χ1v) is 12.5. The van der Waals surface area contributed by atoms with Crippen molar-refractivity contribution >= 4 is 27.7 Å². The first-order chi connectivity index (χ1) is 14.8. The lowest BCUT2D eigenvalue weighted by atomic mass is 9.84. The summed E-state index contributed by atoms with van der Waals surface area (Å²) in [7, 11) is -3.17. The van der Waals surface area contributed by atoms with Gasteiger partial charge in [-0.1, -0.05) is 31.5 Å². The molecule has 1 spiro atoms. The lowest BCUT2D eigenvalue weighted by Gasteiger charge is -2.33. The predicted octanol–water partition coefficient (Wildman–Crippen LogP) is 1.03. The van der Waals surface area contributed by atoms with Gasteiger partial charge in [-0.2, -0.15) is 0 Å². The maximum absolute atomic E-state index is 13.4. The Balaban J connectivity index is 1.55. The van der Waals surface area contributed by atoms with Gasteiger partial charge in [-0.15, -0.1) is 0 Å². The molecule has 3 aliphatic rings. The van der Waals surface area contributed by atoms with Gasteiger partial charge in [0.05, 0.1) is 18.1 Å². The molecule has 9 nitrogen and oxygen atoms in total. The zero-order valence-electron chi connectivity index (χ0n) is 17.5. The molecule has 1 N–H and O–H groups in total. The van der Waals surface area contributed by atoms with Crippen molar-refractivity contribution in [1.82, 2.24) is 15.1 Å². The normalized spacial score (nSPS) is 26.5. The van der Waals surface area contributed by atoms with Gasteiger partial charge in [-0.05, 0) is 18.9 Å². The number of sulfone groups is 1. The van der Waals surface area contributed by atoms with Crippen LogP contribution in [-0.2, 0) is 25.0 Å². The molecule has 0 saturated carbocycles. The van der Waals surface area contributed by atoms with Crippen LogP contribution < -0.4 is 10.1 Å². The number of benzene rings is 1. The number of nitrogens with zero attached hydrogens (tertiary/aromatic N) is 2. The molecule has 3 aliphatic heterocycles. The first-order valence-electron chi connectivity index (χ1n) is 10.6. The minimum absolute atomic E-state index is 0.0522. The molecule has 2 atom stereocenters. The summed E-state index contributed by atoms with van der Waals surface area (Å²) in [6.07, 6.45) is 2.22. The second-order valence-electron chi connectivity index (χ2n) is 8.32. The molecule has 0 aromatic heterocycles. The van der Waals surface area contributed by atoms with Gasteiger partial charge in [0.2, 0.25) is 5.91 Å². The van der Waals surface area contributed by atoms with Gasteiger partial charge in [0.15, 0.2) is 15.4 Å². The summed E-state index contributed by atoms with van der Waals surface area (Å²) in [5.41, 5.74) is -0.656. The number of carbonyl (C=O) groups excluding carboxylic acids is 3. The Morgan fingerprint density at radius 2 is 2.10 bits per heavy atom. The van der Waals surface area contributed by atoms with Crippen LogP contribution in [0.3, 0.4) is 0 Å². The molecule has 31 heavy (non-hydrogen) atoms. The Morgan fingerprint density at radius 3 is 2.81 bits per heavy atom. The molecule has 10 heteroatoms. The fraction of sp³-hybridized carbons (Fsp3) is 0.571. The third kappa shape index (κ3) is 3.88. The SMILES string of the molecule is CCCCN(C(=O)CN1C(=O)N[C@]2(CCOc3ccccc32)C1=O)[C@@H]1CCS(=O)(=O)C1. The summed E-state index contributed by atoms with van der Waals surface area (Å²) in [6, 6.07) is 6.02. The molecule has 2 fully saturated rings. The van der Waals surface area contributed by atoms with Crippen molar-refractivity contribution in [2.75, 3.05) is 31.2 Å². The van der Waals surface area contributed by atoms with Crippen LogP contribution >= 0.6 is 0 Å². The van der Waals surface area contributed by atoms with Crippen LogP contribution in [0.5, 0.6) is 5.75 Å². The van der Waals surface area contributed by atoms with Crippen molar-refractivity contribution in [2.24, 2.45) is 0 Å². The van der Waals surface area contributed by atoms with E-state index in [0.717, 1.165) is 17.7 Å². The highest BCUT2D eigenvalue weighted by atomic mass is 32.2. The summed E-state index contributed by atoms with van der Waals surface area (Å²) < 4.78 is 29.5. The number of hydrogen-bond acceptors (Lipinski definition) is 6. The monoisotopic (exact) mass is 449 g/mol. The quantitative estimate of drug-likeness (QED) is 0.649. The van der Waals surface area contributed by atoms with Crippen molar-refractivity contribution in [3.8, 4) is 5.75 Å². The van der Waals surface area contributed by atoms with Gasteiger partial charge in [-0.3, -0.25) is 14.5 Å². The number of para-hydroxylation sites is 1. The van der Waals surface area contributed by atoms with E-state index in [1.807, 2.05) is 6.92 Å². The molecule has 4 rings (SSSR count). The summed E-state index contributed by atoms with van der Waals surface area (Å²) >= 11 is 0. The lowest BCUT2D eigenvalue weighted by Crippen LogP contribution is -2.50. The molecular weight excluding hydrogens is 422 g/mol. The maximum atomic E-state index is 13.4. The van der Waals surface area contributed by atoms with Crippen molar-refractivity contribution in [3.63, 3.8) is 0 Å². The molecule has 2 saturated heterocycles. The number of unbranched alkanes of at least 4 members (excludes halogenated alkanes) is 1. The van der Waals surface area contributed by atoms with Crippen LogP contribution in [0.1, 0.15) is 38.2 Å². The number of urea groups is 1. The van der Waals surface area contributed by atoms with E-state index in [1.54, 1.807) is 24.3 Å². The minimum Gasteiger partial charge on any atom is -0.493 e. The molecule has 0 radical (unpaired) electrons. The fourth-order valence-corrected chi connectivity index (χ4v) is 6.33. The molecule has 0 aliphatic carbocycles. The molecule has 1 aromatic carbocycles. The third-order valence-corrected chi connectivity index (χ3v) is 8.02. The molecule has 1 aromatic rings. The Morgan fingerprint density at radius 1 is 1.32 bits per heavy atom. The van der Waals surface area contributed by atoms with Gasteiger partial charge in [0.25, 0.3) is 5.91 Å². The van der Waals surface area contributed by atoms with Crippen LogP contribution in [0.4, 0.5) is 4.79 Å². The van der Waals surface area contributed by atoms with Gasteiger partial charge in [-0.25, -0.2) is 13.2 Å². The zero-order valence-corrected chi connectivity index (χ0v) is 18.3. The van der Waals surface area contributed by atoms with Gasteiger partial charge < -0.3 is 15.0 Å². The van der Waals surface area contributed by atoms with Crippen LogP contribution in [0.25, 0.3) is 0 Å². The number of hydrogen-bond donors (Lipinski definition) is 1. The molecular formula is C21H27N3O6S. The molecule has 3 heterocycles. The molecule has 168 valence electrons. The Kier molecular flexibility index (Phi) is 5.67. The first kappa shape index (κ1) is 21.6. The average molecular weight is 450 g/mol. The summed E-state index contributed by atoms with van der Waals surface area (Å²) in [5.74, 6) is -0.364. The topological polar surface area (TPSA) is 113 Å². The maximum Gasteiger partial charge on any atom is 0.325 e. The number of fused-ring (bicyclic) bond motifs is 2. The van der Waals surface area contributed by atoms with E-state index in [4.69, 9.17) is 4.74 Å². The number of imide groups is 1. The van der Waals surface area contributed by atoms with Gasteiger partial charge >= 0.3 is 6.03 Å². The van der Waals surface area contributed by atoms with Crippen LogP contribution in [0.2, 0.25) is 0 Å². The van der Waals surface area contributed by atoms with E-state index in [0.29, 0.717) is 24.3 Å². The lowest BCUT2D eigenvalue weighted by molar-refractivity contribution is -0.140. The third-order valence-electron chi connectivity index (χ3n) is 6.27. The van der Waals surface area contributed by atoms with Crippen molar-refractivity contribution in [3.05, 3.63) is 29.8 Å². The van der Waals surface area contributed by atoms with Crippen molar-refractivity contribution < 1.29 is 27.5 Å². The predicted molar refractivity (Wildman–Crippen MR) is 112 cm³/mol. The Bertz CT molecular complexity index is 1010. The van der Waals surface area contributed by atoms with Crippen molar-refractivity contribution in [1.29, 1.82) is 0 Å².